The summed E-state index contributed by atoms with van der Waals surface area (Å²) in [5.74, 6) is 0.313. The molecule has 0 amide bonds. The summed E-state index contributed by atoms with van der Waals surface area (Å²) in [7, 11) is 0. The first-order valence-electron chi connectivity index (χ1n) is 3.04. The highest BCUT2D eigenvalue weighted by Gasteiger charge is 2.39. The molecule has 0 aromatic heterocycles. The molecule has 0 spiro atoms. The average molecular weight is 112 g/mol. The lowest BCUT2D eigenvalue weighted by atomic mass is 9.88. The molecule has 0 aromatic carbocycles. The minimum absolute atomic E-state index is 0.00810. The van der Waals surface area contributed by atoms with E-state index in [9.17, 15) is 4.79 Å². The van der Waals surface area contributed by atoms with Gasteiger partial charge in [0.15, 0.2) is 5.78 Å². The van der Waals surface area contributed by atoms with Gasteiger partial charge in [-0.15, -0.1) is 0 Å². The smallest absolute Gasteiger partial charge is 0.161 e. The second-order valence-corrected chi connectivity index (χ2v) is 2.49. The van der Waals surface area contributed by atoms with Gasteiger partial charge in [-0.05, 0) is 6.42 Å². The van der Waals surface area contributed by atoms with Crippen LogP contribution in [0.5, 0.6) is 0 Å². The summed E-state index contributed by atoms with van der Waals surface area (Å²) in [5.41, 5.74) is 0. The van der Waals surface area contributed by atoms with Gasteiger partial charge in [-0.3, -0.25) is 4.79 Å². The van der Waals surface area contributed by atoms with Crippen LogP contribution in [0.1, 0.15) is 19.3 Å². The molecule has 2 heteroatoms. The van der Waals surface area contributed by atoms with E-state index in [0.29, 0.717) is 11.9 Å². The van der Waals surface area contributed by atoms with Gasteiger partial charge in [-0.25, -0.2) is 0 Å². The maximum absolute atomic E-state index is 10.7. The third kappa shape index (κ3) is 0.436. The van der Waals surface area contributed by atoms with Crippen molar-refractivity contribution in [1.82, 2.24) is 0 Å². The number of carbonyl (C=O) groups is 1. The quantitative estimate of drug-likeness (QED) is 0.456. The molecule has 0 N–H and O–H groups in total. The number of ether oxygens (including phenoxy) is 1. The summed E-state index contributed by atoms with van der Waals surface area (Å²) >= 11 is 0. The van der Waals surface area contributed by atoms with Crippen molar-refractivity contribution >= 4 is 5.78 Å². The molecule has 3 rings (SSSR count). The number of hydrogen-bond donors (Lipinski definition) is 0. The Morgan fingerprint density at radius 3 is 2.62 bits per heavy atom. The number of ketones is 1. The zero-order chi connectivity index (χ0) is 5.56. The first-order valence-corrected chi connectivity index (χ1v) is 3.04. The number of rotatable bonds is 0. The van der Waals surface area contributed by atoms with Crippen LogP contribution >= 0.6 is 0 Å². The molecule has 0 aromatic rings. The molecule has 2 unspecified atom stereocenters. The molecule has 3 aliphatic rings. The van der Waals surface area contributed by atoms with Crippen LogP contribution in [0, 0.1) is 0 Å². The second kappa shape index (κ2) is 1.32. The van der Waals surface area contributed by atoms with Crippen molar-refractivity contribution in [1.29, 1.82) is 0 Å². The number of hydrogen-bond acceptors (Lipinski definition) is 2. The molecule has 3 fully saturated rings. The molecule has 1 aliphatic carbocycles. The monoisotopic (exact) mass is 112 g/mol. The van der Waals surface area contributed by atoms with Crippen molar-refractivity contribution in [2.75, 3.05) is 0 Å². The minimum atomic E-state index is 0.00810. The lowest BCUT2D eigenvalue weighted by molar-refractivity contribution is -0.175. The van der Waals surface area contributed by atoms with Gasteiger partial charge in [0.2, 0.25) is 0 Å². The van der Waals surface area contributed by atoms with Crippen molar-refractivity contribution in [2.24, 2.45) is 0 Å². The van der Waals surface area contributed by atoms with Crippen LogP contribution in [0.15, 0.2) is 0 Å². The van der Waals surface area contributed by atoms with E-state index < -0.39 is 0 Å². The van der Waals surface area contributed by atoms with Gasteiger partial charge in [0, 0.05) is 12.8 Å². The van der Waals surface area contributed by atoms with Crippen molar-refractivity contribution in [2.45, 2.75) is 31.5 Å². The Hall–Kier alpha value is -0.370. The first kappa shape index (κ1) is 4.50. The normalized spacial score (nSPS) is 43.8. The van der Waals surface area contributed by atoms with Crippen LogP contribution in [-0.4, -0.2) is 18.0 Å². The molecule has 0 radical (unpaired) electrons. The zero-order valence-corrected chi connectivity index (χ0v) is 4.59. The molecule has 2 bridgehead atoms. The molecule has 2 aliphatic heterocycles. The first-order chi connectivity index (χ1) is 3.86. The van der Waals surface area contributed by atoms with Gasteiger partial charge in [-0.1, -0.05) is 0 Å². The highest BCUT2D eigenvalue weighted by molar-refractivity contribution is 5.85. The van der Waals surface area contributed by atoms with Crippen molar-refractivity contribution < 1.29 is 9.53 Å². The van der Waals surface area contributed by atoms with Crippen molar-refractivity contribution in [3.8, 4) is 0 Å². The van der Waals surface area contributed by atoms with Crippen molar-refractivity contribution in [3.63, 3.8) is 0 Å². The average Bonchev–Trinajstić information content (AvgIpc) is 1.62. The predicted molar refractivity (Wildman–Crippen MR) is 27.5 cm³/mol. The Morgan fingerprint density at radius 1 is 1.62 bits per heavy atom. The molecular weight excluding hydrogens is 104 g/mol. The van der Waals surface area contributed by atoms with E-state index in [-0.39, 0.29) is 6.10 Å². The Kier molecular flexibility index (Phi) is 0.742. The summed E-state index contributed by atoms with van der Waals surface area (Å²) in [5, 5.41) is 0. The van der Waals surface area contributed by atoms with Crippen LogP contribution < -0.4 is 0 Å². The summed E-state index contributed by atoms with van der Waals surface area (Å²) in [4.78, 5) is 10.7. The van der Waals surface area contributed by atoms with Crippen LogP contribution in [0.3, 0.4) is 0 Å². The summed E-state index contributed by atoms with van der Waals surface area (Å²) < 4.78 is 5.14. The highest BCUT2D eigenvalue weighted by Crippen LogP contribution is 2.31. The topological polar surface area (TPSA) is 26.3 Å². The molecule has 2 heterocycles. The fraction of sp³-hybridized carbons (Fsp3) is 0.833. The zero-order valence-electron chi connectivity index (χ0n) is 4.59. The van der Waals surface area contributed by atoms with E-state index in [0.717, 1.165) is 19.3 Å². The number of fused-ring (bicyclic) bond motifs is 2. The molecular formula is C6H8O2. The summed E-state index contributed by atoms with van der Waals surface area (Å²) in [6, 6.07) is 0. The Bertz CT molecular complexity index is 122. The third-order valence-corrected chi connectivity index (χ3v) is 1.91. The maximum atomic E-state index is 10.7. The molecule has 2 atom stereocenters. The van der Waals surface area contributed by atoms with E-state index in [1.807, 2.05) is 0 Å². The molecule has 1 saturated carbocycles. The summed E-state index contributed by atoms with van der Waals surface area (Å²) in [6.07, 6.45) is 3.18. The Labute approximate surface area is 47.8 Å². The van der Waals surface area contributed by atoms with E-state index in [2.05, 4.69) is 0 Å². The number of Topliss-reactive ketones (excluding diaryl/α,β-unsaturated/α-hetero) is 1. The minimum Gasteiger partial charge on any atom is -0.367 e. The standard InChI is InChI=1S/C6H8O2/c7-5-2-1-4-3-6(5)8-4/h4,6H,1-3H2. The van der Waals surface area contributed by atoms with Gasteiger partial charge in [-0.2, -0.15) is 0 Å². The second-order valence-electron chi connectivity index (χ2n) is 2.49. The summed E-state index contributed by atoms with van der Waals surface area (Å²) in [6.45, 7) is 0. The lowest BCUT2D eigenvalue weighted by Gasteiger charge is -2.39. The van der Waals surface area contributed by atoms with Crippen LogP contribution in [-0.2, 0) is 9.53 Å². The van der Waals surface area contributed by atoms with Gasteiger partial charge in [0.25, 0.3) is 0 Å². The predicted octanol–water partition coefficient (Wildman–Crippen LogP) is 0.507. The highest BCUT2D eigenvalue weighted by atomic mass is 16.5. The molecule has 44 valence electrons. The van der Waals surface area contributed by atoms with Gasteiger partial charge in [0.1, 0.15) is 6.10 Å². The Morgan fingerprint density at radius 2 is 2.38 bits per heavy atom. The van der Waals surface area contributed by atoms with E-state index in [1.54, 1.807) is 0 Å². The third-order valence-electron chi connectivity index (χ3n) is 1.91. The molecule has 2 nitrogen and oxygen atoms in total. The molecule has 8 heavy (non-hydrogen) atoms. The number of carbonyl (C=O) groups excluding carboxylic acids is 1. The van der Waals surface area contributed by atoms with Crippen LogP contribution in [0.2, 0.25) is 0 Å². The van der Waals surface area contributed by atoms with E-state index in [1.165, 1.54) is 0 Å². The fourth-order valence-corrected chi connectivity index (χ4v) is 1.32. The lowest BCUT2D eigenvalue weighted by Crippen LogP contribution is -2.47. The van der Waals surface area contributed by atoms with Gasteiger partial charge in [0.05, 0.1) is 6.10 Å². The van der Waals surface area contributed by atoms with Crippen molar-refractivity contribution in [3.05, 3.63) is 0 Å². The van der Waals surface area contributed by atoms with Gasteiger partial charge < -0.3 is 4.74 Å². The maximum Gasteiger partial charge on any atom is 0.161 e. The largest absolute Gasteiger partial charge is 0.367 e. The fourth-order valence-electron chi connectivity index (χ4n) is 1.32. The molecule has 2 saturated heterocycles. The van der Waals surface area contributed by atoms with Crippen LogP contribution in [0.25, 0.3) is 0 Å². The van der Waals surface area contributed by atoms with Crippen LogP contribution in [0.4, 0.5) is 0 Å². The van der Waals surface area contributed by atoms with Gasteiger partial charge >= 0.3 is 0 Å². The van der Waals surface area contributed by atoms with E-state index in [4.69, 9.17) is 4.74 Å². The van der Waals surface area contributed by atoms with E-state index >= 15 is 0 Å². The SMILES string of the molecule is O=C1CCC2CC1O2. The Balaban J connectivity index is 2.10.